The van der Waals surface area contributed by atoms with Crippen molar-refractivity contribution in [3.05, 3.63) is 54.2 Å². The number of hydrogen-bond acceptors (Lipinski definition) is 4. The van der Waals surface area contributed by atoms with E-state index in [2.05, 4.69) is 9.97 Å². The second kappa shape index (κ2) is 5.03. The van der Waals surface area contributed by atoms with E-state index in [1.165, 1.54) is 18.6 Å². The van der Waals surface area contributed by atoms with Crippen molar-refractivity contribution in [1.82, 2.24) is 14.5 Å². The van der Waals surface area contributed by atoms with Crippen LogP contribution in [0.15, 0.2) is 42.9 Å². The summed E-state index contributed by atoms with van der Waals surface area (Å²) in [7, 11) is -1.48. The van der Waals surface area contributed by atoms with Gasteiger partial charge in [-0.2, -0.15) is 0 Å². The molecule has 0 amide bonds. The Bertz CT molecular complexity index is 743. The molecule has 0 spiro atoms. The molecule has 0 aliphatic heterocycles. The van der Waals surface area contributed by atoms with Gasteiger partial charge < -0.3 is 14.6 Å². The molecule has 2 N–H and O–H groups in total. The van der Waals surface area contributed by atoms with Crippen LogP contribution >= 0.6 is 0 Å². The van der Waals surface area contributed by atoms with Crippen molar-refractivity contribution in [2.45, 2.75) is 6.54 Å². The van der Waals surface area contributed by atoms with Gasteiger partial charge in [-0.25, -0.2) is 14.4 Å². The lowest BCUT2D eigenvalue weighted by atomic mass is 9.80. The molecular formula is C13H11BFN3O2. The molecule has 100 valence electrons. The van der Waals surface area contributed by atoms with Crippen LogP contribution in [0.2, 0.25) is 0 Å². The fourth-order valence-electron chi connectivity index (χ4n) is 2.04. The number of pyridine rings is 1. The van der Waals surface area contributed by atoms with Crippen LogP contribution < -0.4 is 5.46 Å². The number of benzene rings is 1. The van der Waals surface area contributed by atoms with Crippen LogP contribution in [0, 0.1) is 5.82 Å². The average molecular weight is 271 g/mol. The van der Waals surface area contributed by atoms with Crippen LogP contribution in [-0.4, -0.2) is 31.7 Å². The number of fused-ring (bicyclic) bond motifs is 1. The zero-order valence-electron chi connectivity index (χ0n) is 10.4. The maximum absolute atomic E-state index is 13.5. The molecule has 0 radical (unpaired) electrons. The maximum atomic E-state index is 13.5. The highest BCUT2D eigenvalue weighted by molar-refractivity contribution is 6.58. The Balaban J connectivity index is 1.91. The van der Waals surface area contributed by atoms with Crippen LogP contribution in [0.5, 0.6) is 0 Å². The lowest BCUT2D eigenvalue weighted by molar-refractivity contribution is 0.426. The van der Waals surface area contributed by atoms with E-state index in [1.807, 2.05) is 0 Å². The van der Waals surface area contributed by atoms with Crippen LogP contribution in [0.4, 0.5) is 4.39 Å². The summed E-state index contributed by atoms with van der Waals surface area (Å²) < 4.78 is 15.2. The Kier molecular flexibility index (Phi) is 3.21. The molecule has 20 heavy (non-hydrogen) atoms. The SMILES string of the molecule is OB(O)c1ccc(Cn2cnc3c(F)ccnc32)cc1. The number of aromatic nitrogens is 3. The summed E-state index contributed by atoms with van der Waals surface area (Å²) in [6.45, 7) is 0.481. The molecule has 1 aromatic carbocycles. The predicted octanol–water partition coefficient (Wildman–Crippen LogP) is 0.298. The van der Waals surface area contributed by atoms with Crippen molar-refractivity contribution < 1.29 is 14.4 Å². The van der Waals surface area contributed by atoms with Gasteiger partial charge in [-0.05, 0) is 17.1 Å². The molecule has 3 aromatic rings. The minimum Gasteiger partial charge on any atom is -0.423 e. The van der Waals surface area contributed by atoms with Gasteiger partial charge in [0.2, 0.25) is 0 Å². The number of nitrogens with zero attached hydrogens (tertiary/aromatic N) is 3. The zero-order valence-corrected chi connectivity index (χ0v) is 10.4. The van der Waals surface area contributed by atoms with Crippen LogP contribution in [0.3, 0.4) is 0 Å². The Labute approximate surface area is 114 Å². The lowest BCUT2D eigenvalue weighted by Gasteiger charge is -2.05. The fourth-order valence-corrected chi connectivity index (χ4v) is 2.04. The van der Waals surface area contributed by atoms with Crippen molar-refractivity contribution in [3.8, 4) is 0 Å². The monoisotopic (exact) mass is 271 g/mol. The molecule has 0 aliphatic rings. The molecule has 0 fully saturated rings. The van der Waals surface area contributed by atoms with Gasteiger partial charge in [0.05, 0.1) is 12.9 Å². The molecule has 0 bridgehead atoms. The van der Waals surface area contributed by atoms with Crippen molar-refractivity contribution in [1.29, 1.82) is 0 Å². The molecule has 0 aliphatic carbocycles. The van der Waals surface area contributed by atoms with Crippen molar-refractivity contribution in [3.63, 3.8) is 0 Å². The minimum absolute atomic E-state index is 0.245. The third-order valence-corrected chi connectivity index (χ3v) is 3.08. The molecule has 0 saturated heterocycles. The predicted molar refractivity (Wildman–Crippen MR) is 72.9 cm³/mol. The summed E-state index contributed by atoms with van der Waals surface area (Å²) in [6.07, 6.45) is 2.94. The highest BCUT2D eigenvalue weighted by atomic mass is 19.1. The Morgan fingerprint density at radius 2 is 1.85 bits per heavy atom. The van der Waals surface area contributed by atoms with E-state index < -0.39 is 12.9 Å². The van der Waals surface area contributed by atoms with Crippen LogP contribution in [0.1, 0.15) is 5.56 Å². The molecule has 0 saturated carbocycles. The van der Waals surface area contributed by atoms with Gasteiger partial charge in [-0.15, -0.1) is 0 Å². The molecular weight excluding hydrogens is 260 g/mol. The Hall–Kier alpha value is -2.25. The largest absolute Gasteiger partial charge is 0.488 e. The zero-order chi connectivity index (χ0) is 14.1. The summed E-state index contributed by atoms with van der Waals surface area (Å²) in [6, 6.07) is 8.09. The van der Waals surface area contributed by atoms with Gasteiger partial charge >= 0.3 is 7.12 Å². The summed E-state index contributed by atoms with van der Waals surface area (Å²) in [5.41, 5.74) is 2.08. The quantitative estimate of drug-likeness (QED) is 0.672. The van der Waals surface area contributed by atoms with Gasteiger partial charge in [0.25, 0.3) is 0 Å². The Morgan fingerprint density at radius 3 is 2.55 bits per heavy atom. The summed E-state index contributed by atoms with van der Waals surface area (Å²) in [5.74, 6) is -0.396. The van der Waals surface area contributed by atoms with Gasteiger partial charge in [0, 0.05) is 6.20 Å². The number of hydrogen-bond donors (Lipinski definition) is 2. The standard InChI is InChI=1S/C13H11BFN3O2/c15-11-5-6-16-13-12(11)17-8-18(13)7-9-1-3-10(4-2-9)14(19)20/h1-6,8,19-20H,7H2. The summed E-state index contributed by atoms with van der Waals surface area (Å²) >= 11 is 0. The van der Waals surface area contributed by atoms with E-state index in [0.717, 1.165) is 5.56 Å². The first kappa shape index (κ1) is 12.8. The van der Waals surface area contributed by atoms with E-state index in [-0.39, 0.29) is 5.52 Å². The van der Waals surface area contributed by atoms with Crippen molar-refractivity contribution in [2.75, 3.05) is 0 Å². The molecule has 2 heterocycles. The third kappa shape index (κ3) is 2.28. The topological polar surface area (TPSA) is 71.2 Å². The molecule has 7 heteroatoms. The average Bonchev–Trinajstić information content (AvgIpc) is 2.84. The molecule has 0 atom stereocenters. The second-order valence-corrected chi connectivity index (χ2v) is 4.45. The number of imidazole rings is 1. The third-order valence-electron chi connectivity index (χ3n) is 3.08. The van der Waals surface area contributed by atoms with Gasteiger partial charge in [0.15, 0.2) is 11.5 Å². The van der Waals surface area contributed by atoms with E-state index in [4.69, 9.17) is 10.0 Å². The van der Waals surface area contributed by atoms with Gasteiger partial charge in [-0.1, -0.05) is 24.3 Å². The molecule has 3 rings (SSSR count). The highest BCUT2D eigenvalue weighted by Gasteiger charge is 2.11. The summed E-state index contributed by atoms with van der Waals surface area (Å²) in [5, 5.41) is 18.1. The van der Waals surface area contributed by atoms with E-state index >= 15 is 0 Å². The van der Waals surface area contributed by atoms with Crippen LogP contribution in [0.25, 0.3) is 11.2 Å². The molecule has 0 unspecified atom stereocenters. The first-order valence-corrected chi connectivity index (χ1v) is 6.05. The molecule has 5 nitrogen and oxygen atoms in total. The maximum Gasteiger partial charge on any atom is 0.488 e. The van der Waals surface area contributed by atoms with E-state index in [0.29, 0.717) is 17.7 Å². The number of halogens is 1. The summed E-state index contributed by atoms with van der Waals surface area (Å²) in [4.78, 5) is 8.13. The first-order valence-electron chi connectivity index (χ1n) is 6.05. The fraction of sp³-hybridized carbons (Fsp3) is 0.0769. The van der Waals surface area contributed by atoms with Crippen molar-refractivity contribution >= 4 is 23.7 Å². The smallest absolute Gasteiger partial charge is 0.423 e. The lowest BCUT2D eigenvalue weighted by Crippen LogP contribution is -2.29. The first-order chi connectivity index (χ1) is 9.65. The van der Waals surface area contributed by atoms with Crippen molar-refractivity contribution in [2.24, 2.45) is 0 Å². The normalized spacial score (nSPS) is 10.9. The Morgan fingerprint density at radius 1 is 1.10 bits per heavy atom. The van der Waals surface area contributed by atoms with Gasteiger partial charge in [-0.3, -0.25) is 0 Å². The second-order valence-electron chi connectivity index (χ2n) is 4.45. The highest BCUT2D eigenvalue weighted by Crippen LogP contribution is 2.14. The van der Waals surface area contributed by atoms with Gasteiger partial charge in [0.1, 0.15) is 5.52 Å². The number of rotatable bonds is 3. The van der Waals surface area contributed by atoms with E-state index in [1.54, 1.807) is 28.8 Å². The minimum atomic E-state index is -1.48. The van der Waals surface area contributed by atoms with Crippen LogP contribution in [-0.2, 0) is 6.54 Å². The molecule has 2 aromatic heterocycles. The van der Waals surface area contributed by atoms with E-state index in [9.17, 15) is 4.39 Å².